The Hall–Kier alpha value is -1.56. The lowest BCUT2D eigenvalue weighted by atomic mass is 9.81. The third-order valence-corrected chi connectivity index (χ3v) is 5.39. The highest BCUT2D eigenvalue weighted by Crippen LogP contribution is 2.31. The number of amides is 1. The maximum atomic E-state index is 12.1. The molecule has 0 bridgehead atoms. The molecule has 2 aromatic rings. The topological polar surface area (TPSA) is 67.2 Å². The minimum Gasteiger partial charge on any atom is -0.441 e. The lowest BCUT2D eigenvalue weighted by Gasteiger charge is -2.34. The van der Waals surface area contributed by atoms with E-state index in [0.29, 0.717) is 41.1 Å². The van der Waals surface area contributed by atoms with E-state index in [2.05, 4.69) is 22.5 Å². The fourth-order valence-corrected chi connectivity index (χ4v) is 3.57. The molecule has 3 rings (SSSR count). The van der Waals surface area contributed by atoms with Crippen LogP contribution in [0.15, 0.2) is 28.8 Å². The van der Waals surface area contributed by atoms with Crippen LogP contribution >= 0.6 is 23.2 Å². The van der Waals surface area contributed by atoms with E-state index in [-0.39, 0.29) is 11.3 Å². The van der Waals surface area contributed by atoms with Gasteiger partial charge in [-0.3, -0.25) is 4.79 Å². The first-order valence-electron chi connectivity index (χ1n) is 8.83. The van der Waals surface area contributed by atoms with Crippen molar-refractivity contribution in [2.75, 3.05) is 19.6 Å². The number of carbonyl (C=O) groups is 1. The van der Waals surface area contributed by atoms with Crippen molar-refractivity contribution in [1.82, 2.24) is 15.6 Å². The highest BCUT2D eigenvalue weighted by Gasteiger charge is 2.26. The molecule has 1 fully saturated rings. The number of hydrogen-bond acceptors (Lipinski definition) is 4. The van der Waals surface area contributed by atoms with E-state index in [0.717, 1.165) is 31.5 Å². The molecule has 26 heavy (non-hydrogen) atoms. The Morgan fingerprint density at radius 2 is 2.12 bits per heavy atom. The molecular weight excluding hydrogens is 373 g/mol. The Kier molecular flexibility index (Phi) is 6.22. The summed E-state index contributed by atoms with van der Waals surface area (Å²) in [5.74, 6) is 1.12. The minimum absolute atomic E-state index is 0.0223. The zero-order valence-electron chi connectivity index (χ0n) is 14.8. The molecule has 0 spiro atoms. The molecular formula is C19H23Cl2N3O2. The number of carbonyl (C=O) groups excluding carboxylic acids is 1. The van der Waals surface area contributed by atoms with E-state index in [4.69, 9.17) is 27.6 Å². The first-order chi connectivity index (χ1) is 12.5. The van der Waals surface area contributed by atoms with Crippen LogP contribution in [0.4, 0.5) is 0 Å². The van der Waals surface area contributed by atoms with E-state index in [1.54, 1.807) is 24.4 Å². The summed E-state index contributed by atoms with van der Waals surface area (Å²) in [6.07, 6.45) is 4.59. The van der Waals surface area contributed by atoms with Gasteiger partial charge in [0.1, 0.15) is 0 Å². The molecule has 1 aliphatic rings. The highest BCUT2D eigenvalue weighted by molar-refractivity contribution is 6.36. The third kappa shape index (κ3) is 5.00. The van der Waals surface area contributed by atoms with Crippen LogP contribution in [0.1, 0.15) is 32.1 Å². The second-order valence-electron chi connectivity index (χ2n) is 7.08. The lowest BCUT2D eigenvalue weighted by molar-refractivity contribution is -0.121. The van der Waals surface area contributed by atoms with Crippen molar-refractivity contribution in [1.29, 1.82) is 0 Å². The Labute approximate surface area is 163 Å². The number of aryl methyl sites for hydroxylation is 1. The predicted molar refractivity (Wildman–Crippen MR) is 104 cm³/mol. The van der Waals surface area contributed by atoms with Gasteiger partial charge in [0.15, 0.2) is 11.7 Å². The van der Waals surface area contributed by atoms with E-state index in [9.17, 15) is 4.79 Å². The number of piperidine rings is 1. The standard InChI is InChI=1S/C19H23Cl2N3O2/c1-19(6-8-22-9-7-19)12-24-17(25)4-5-18-23-11-16(26-18)14-3-2-13(20)10-15(14)21/h2-3,10-11,22H,4-9,12H2,1H3,(H,24,25). The van der Waals surface area contributed by atoms with Crippen LogP contribution in [0.3, 0.4) is 0 Å². The van der Waals surface area contributed by atoms with Gasteiger partial charge in [0.25, 0.3) is 0 Å². The van der Waals surface area contributed by atoms with Gasteiger partial charge in [-0.1, -0.05) is 30.1 Å². The van der Waals surface area contributed by atoms with Crippen molar-refractivity contribution in [3.63, 3.8) is 0 Å². The summed E-state index contributed by atoms with van der Waals surface area (Å²) in [5, 5.41) is 7.47. The van der Waals surface area contributed by atoms with Crippen molar-refractivity contribution >= 4 is 29.1 Å². The van der Waals surface area contributed by atoms with Gasteiger partial charge in [-0.15, -0.1) is 0 Å². The quantitative estimate of drug-likeness (QED) is 0.772. The fraction of sp³-hybridized carbons (Fsp3) is 0.474. The van der Waals surface area contributed by atoms with Gasteiger partial charge in [-0.2, -0.15) is 0 Å². The number of nitrogens with zero attached hydrogens (tertiary/aromatic N) is 1. The first kappa shape index (κ1) is 19.2. The maximum Gasteiger partial charge on any atom is 0.220 e. The average molecular weight is 396 g/mol. The number of rotatable bonds is 6. The molecule has 0 atom stereocenters. The summed E-state index contributed by atoms with van der Waals surface area (Å²) < 4.78 is 5.73. The number of halogens is 2. The van der Waals surface area contributed by atoms with Gasteiger partial charge in [0.2, 0.25) is 5.91 Å². The zero-order chi connectivity index (χ0) is 18.6. The van der Waals surface area contributed by atoms with Gasteiger partial charge in [0.05, 0.1) is 11.2 Å². The Morgan fingerprint density at radius 3 is 2.85 bits per heavy atom. The summed E-state index contributed by atoms with van der Waals surface area (Å²) in [5.41, 5.74) is 0.917. The lowest BCUT2D eigenvalue weighted by Crippen LogP contribution is -2.42. The molecule has 2 heterocycles. The molecule has 1 amide bonds. The molecule has 0 radical (unpaired) electrons. The zero-order valence-corrected chi connectivity index (χ0v) is 16.3. The third-order valence-electron chi connectivity index (χ3n) is 4.84. The fourth-order valence-electron chi connectivity index (χ4n) is 3.07. The van der Waals surface area contributed by atoms with Gasteiger partial charge < -0.3 is 15.1 Å². The van der Waals surface area contributed by atoms with Crippen LogP contribution in [0.2, 0.25) is 10.0 Å². The van der Waals surface area contributed by atoms with Crippen LogP contribution in [-0.2, 0) is 11.2 Å². The highest BCUT2D eigenvalue weighted by atomic mass is 35.5. The molecule has 1 aliphatic heterocycles. The second kappa shape index (κ2) is 8.42. The summed E-state index contributed by atoms with van der Waals surface area (Å²) in [7, 11) is 0. The molecule has 0 saturated carbocycles. The van der Waals surface area contributed by atoms with Crippen LogP contribution in [0, 0.1) is 5.41 Å². The number of oxazole rings is 1. The van der Waals surface area contributed by atoms with Crippen molar-refractivity contribution in [2.45, 2.75) is 32.6 Å². The van der Waals surface area contributed by atoms with Crippen molar-refractivity contribution < 1.29 is 9.21 Å². The molecule has 1 saturated heterocycles. The van der Waals surface area contributed by atoms with Crippen LogP contribution in [0.5, 0.6) is 0 Å². The van der Waals surface area contributed by atoms with Crippen LogP contribution in [0.25, 0.3) is 11.3 Å². The molecule has 2 N–H and O–H groups in total. The Bertz CT molecular complexity index is 770. The first-order valence-corrected chi connectivity index (χ1v) is 9.58. The molecule has 7 heteroatoms. The SMILES string of the molecule is CC1(CNC(=O)CCc2ncc(-c3ccc(Cl)cc3Cl)o2)CCNCC1. The van der Waals surface area contributed by atoms with Gasteiger partial charge in [0, 0.05) is 30.0 Å². The van der Waals surface area contributed by atoms with Crippen molar-refractivity contribution in [2.24, 2.45) is 5.41 Å². The van der Waals surface area contributed by atoms with E-state index < -0.39 is 0 Å². The van der Waals surface area contributed by atoms with E-state index in [1.807, 2.05) is 0 Å². The molecule has 140 valence electrons. The summed E-state index contributed by atoms with van der Waals surface area (Å²) in [4.78, 5) is 16.4. The smallest absolute Gasteiger partial charge is 0.220 e. The Morgan fingerprint density at radius 1 is 1.35 bits per heavy atom. The van der Waals surface area contributed by atoms with Gasteiger partial charge in [-0.25, -0.2) is 4.98 Å². The molecule has 1 aromatic heterocycles. The largest absolute Gasteiger partial charge is 0.441 e. The van der Waals surface area contributed by atoms with Crippen LogP contribution < -0.4 is 10.6 Å². The molecule has 5 nitrogen and oxygen atoms in total. The summed E-state index contributed by atoms with van der Waals surface area (Å²) in [6.45, 7) is 4.96. The normalized spacial score (nSPS) is 16.4. The van der Waals surface area contributed by atoms with Crippen LogP contribution in [-0.4, -0.2) is 30.5 Å². The maximum absolute atomic E-state index is 12.1. The molecule has 1 aromatic carbocycles. The minimum atomic E-state index is 0.0223. The number of hydrogen-bond donors (Lipinski definition) is 2. The number of aromatic nitrogens is 1. The monoisotopic (exact) mass is 395 g/mol. The predicted octanol–water partition coefficient (Wildman–Crippen LogP) is 4.09. The Balaban J connectivity index is 1.50. The average Bonchev–Trinajstić information content (AvgIpc) is 3.07. The van der Waals surface area contributed by atoms with Gasteiger partial charge >= 0.3 is 0 Å². The van der Waals surface area contributed by atoms with E-state index in [1.165, 1.54) is 0 Å². The summed E-state index contributed by atoms with van der Waals surface area (Å²) >= 11 is 12.1. The number of benzene rings is 1. The van der Waals surface area contributed by atoms with Gasteiger partial charge in [-0.05, 0) is 49.5 Å². The molecule has 0 unspecified atom stereocenters. The second-order valence-corrected chi connectivity index (χ2v) is 7.92. The van der Waals surface area contributed by atoms with E-state index >= 15 is 0 Å². The summed E-state index contributed by atoms with van der Waals surface area (Å²) in [6, 6.07) is 5.20. The molecule has 0 aliphatic carbocycles. The van der Waals surface area contributed by atoms with Crippen molar-refractivity contribution in [3.8, 4) is 11.3 Å². The van der Waals surface area contributed by atoms with Crippen molar-refractivity contribution in [3.05, 3.63) is 40.3 Å². The number of nitrogens with one attached hydrogen (secondary N) is 2.